The maximum atomic E-state index is 9.91. The number of hydrogen-bond donors (Lipinski definition) is 1. The maximum absolute atomic E-state index is 9.91. The lowest BCUT2D eigenvalue weighted by Crippen LogP contribution is -2.59. The zero-order valence-corrected chi connectivity index (χ0v) is 15.1. The van der Waals surface area contributed by atoms with E-state index in [-0.39, 0.29) is 5.75 Å². The van der Waals surface area contributed by atoms with Crippen molar-refractivity contribution in [1.29, 1.82) is 0 Å². The standard InChI is InChI=1S/C22H24N2O2/c1-24-17-9-13-6-14(10-17)8-16(7-13)22(24)12-23-21-19-11-18(25)4-2-15(19)3-5-20(21)26-22/h2-5,11-14,16-17,25H,6-10H2,1H3. The fourth-order valence-electron chi connectivity index (χ4n) is 6.24. The molecule has 5 aliphatic rings. The average Bonchev–Trinajstić information content (AvgIpc) is 2.76. The van der Waals surface area contributed by atoms with Gasteiger partial charge in [-0.1, -0.05) is 12.1 Å². The number of aliphatic imine (C=N–C) groups is 1. The van der Waals surface area contributed by atoms with Gasteiger partial charge < -0.3 is 9.84 Å². The lowest BCUT2D eigenvalue weighted by atomic mass is 9.67. The Morgan fingerprint density at radius 2 is 1.85 bits per heavy atom. The SMILES string of the molecule is CN1C2CC3CC(C2)CC(C3)C12C=Nc1c(ccc3ccc(O)cc13)O2. The van der Waals surface area contributed by atoms with Crippen molar-refractivity contribution in [2.24, 2.45) is 22.7 Å². The Balaban J connectivity index is 1.50. The van der Waals surface area contributed by atoms with Gasteiger partial charge in [0.15, 0.2) is 0 Å². The van der Waals surface area contributed by atoms with Crippen molar-refractivity contribution in [2.45, 2.75) is 43.9 Å². The number of hydrogen-bond acceptors (Lipinski definition) is 4. The van der Waals surface area contributed by atoms with E-state index >= 15 is 0 Å². The number of nitrogens with zero attached hydrogens (tertiary/aromatic N) is 2. The molecular formula is C22H24N2O2. The van der Waals surface area contributed by atoms with Gasteiger partial charge in [-0.3, -0.25) is 9.89 Å². The van der Waals surface area contributed by atoms with Crippen LogP contribution in [0.3, 0.4) is 0 Å². The second-order valence-corrected chi connectivity index (χ2v) is 8.80. The fraction of sp³-hybridized carbons (Fsp3) is 0.500. The predicted molar refractivity (Wildman–Crippen MR) is 102 cm³/mol. The smallest absolute Gasteiger partial charge is 0.202 e. The third-order valence-corrected chi connectivity index (χ3v) is 7.39. The largest absolute Gasteiger partial charge is 0.508 e. The number of ether oxygens (including phenoxy) is 1. The van der Waals surface area contributed by atoms with Gasteiger partial charge in [-0.25, -0.2) is 0 Å². The molecule has 4 bridgehead atoms. The molecule has 0 amide bonds. The van der Waals surface area contributed by atoms with Crippen LogP contribution in [0.5, 0.6) is 11.5 Å². The minimum absolute atomic E-state index is 0.268. The number of aromatic hydroxyl groups is 1. The summed E-state index contributed by atoms with van der Waals surface area (Å²) >= 11 is 0. The summed E-state index contributed by atoms with van der Waals surface area (Å²) < 4.78 is 6.78. The first-order chi connectivity index (χ1) is 12.6. The van der Waals surface area contributed by atoms with Gasteiger partial charge in [0.05, 0.1) is 6.21 Å². The average molecular weight is 348 g/mol. The van der Waals surface area contributed by atoms with Crippen molar-refractivity contribution in [3.63, 3.8) is 0 Å². The van der Waals surface area contributed by atoms with Crippen LogP contribution in [-0.4, -0.2) is 35.0 Å². The van der Waals surface area contributed by atoms with Crippen LogP contribution in [0.2, 0.25) is 0 Å². The monoisotopic (exact) mass is 348 g/mol. The zero-order chi connectivity index (χ0) is 17.5. The highest BCUT2D eigenvalue weighted by molar-refractivity contribution is 5.99. The first kappa shape index (κ1) is 15.0. The van der Waals surface area contributed by atoms with E-state index < -0.39 is 5.72 Å². The summed E-state index contributed by atoms with van der Waals surface area (Å²) in [6.07, 6.45) is 8.61. The normalized spacial score (nSPS) is 37.7. The lowest BCUT2D eigenvalue weighted by molar-refractivity contribution is -0.0623. The van der Waals surface area contributed by atoms with Gasteiger partial charge in [-0.15, -0.1) is 0 Å². The number of phenols is 1. The van der Waals surface area contributed by atoms with Gasteiger partial charge in [0.1, 0.15) is 17.2 Å². The number of rotatable bonds is 0. The van der Waals surface area contributed by atoms with Crippen LogP contribution >= 0.6 is 0 Å². The number of benzene rings is 2. The van der Waals surface area contributed by atoms with E-state index in [9.17, 15) is 5.11 Å². The molecule has 0 radical (unpaired) electrons. The van der Waals surface area contributed by atoms with E-state index in [0.717, 1.165) is 34.0 Å². The summed E-state index contributed by atoms with van der Waals surface area (Å²) in [5.74, 6) is 3.33. The number of fused-ring (bicyclic) bond motifs is 3. The van der Waals surface area contributed by atoms with Gasteiger partial charge in [0.25, 0.3) is 0 Å². The van der Waals surface area contributed by atoms with Crippen LogP contribution in [0.4, 0.5) is 5.69 Å². The second kappa shape index (κ2) is 5.01. The fourth-order valence-corrected chi connectivity index (χ4v) is 6.24. The Kier molecular flexibility index (Phi) is 2.90. The molecule has 2 aromatic carbocycles. The van der Waals surface area contributed by atoms with Gasteiger partial charge >= 0.3 is 0 Å². The summed E-state index contributed by atoms with van der Waals surface area (Å²) in [5, 5.41) is 11.9. The maximum Gasteiger partial charge on any atom is 0.202 e. The molecule has 1 N–H and O–H groups in total. The van der Waals surface area contributed by atoms with Crippen molar-refractivity contribution in [2.75, 3.05) is 7.05 Å². The molecule has 3 unspecified atom stereocenters. The van der Waals surface area contributed by atoms with Crippen molar-refractivity contribution < 1.29 is 9.84 Å². The highest BCUT2D eigenvalue weighted by atomic mass is 16.5. The Labute approximate surface area is 153 Å². The Morgan fingerprint density at radius 3 is 2.65 bits per heavy atom. The van der Waals surface area contributed by atoms with Gasteiger partial charge in [0.2, 0.25) is 5.72 Å². The molecule has 134 valence electrons. The van der Waals surface area contributed by atoms with Crippen molar-refractivity contribution in [3.05, 3.63) is 30.3 Å². The molecule has 2 saturated heterocycles. The van der Waals surface area contributed by atoms with Crippen LogP contribution in [0, 0.1) is 17.8 Å². The molecule has 26 heavy (non-hydrogen) atoms. The summed E-state index contributed by atoms with van der Waals surface area (Å²) in [6.45, 7) is 0. The van der Waals surface area contributed by atoms with Gasteiger partial charge in [-0.05, 0) is 74.6 Å². The molecule has 2 aliphatic carbocycles. The quantitative estimate of drug-likeness (QED) is 0.764. The molecule has 2 aromatic rings. The first-order valence-corrected chi connectivity index (χ1v) is 9.85. The molecule has 4 nitrogen and oxygen atoms in total. The predicted octanol–water partition coefficient (Wildman–Crippen LogP) is 4.48. The molecule has 4 fully saturated rings. The summed E-state index contributed by atoms with van der Waals surface area (Å²) in [4.78, 5) is 7.41. The first-order valence-electron chi connectivity index (χ1n) is 9.85. The number of phenolic OH excluding ortho intramolecular Hbond substituents is 1. The van der Waals surface area contributed by atoms with Gasteiger partial charge in [-0.2, -0.15) is 0 Å². The lowest BCUT2D eigenvalue weighted by Gasteiger charge is -2.45. The van der Waals surface area contributed by atoms with E-state index in [1.165, 1.54) is 32.1 Å². The van der Waals surface area contributed by atoms with Crippen molar-refractivity contribution in [3.8, 4) is 11.5 Å². The molecule has 3 atom stereocenters. The molecular weight excluding hydrogens is 324 g/mol. The highest BCUT2D eigenvalue weighted by Crippen LogP contribution is 2.55. The minimum atomic E-state index is -0.411. The van der Waals surface area contributed by atoms with E-state index in [2.05, 4.69) is 30.3 Å². The third-order valence-electron chi connectivity index (χ3n) is 7.39. The van der Waals surface area contributed by atoms with Crippen molar-refractivity contribution >= 4 is 22.7 Å². The zero-order valence-electron chi connectivity index (χ0n) is 15.1. The van der Waals surface area contributed by atoms with Crippen molar-refractivity contribution in [1.82, 2.24) is 4.90 Å². The van der Waals surface area contributed by atoms with E-state index in [1.807, 2.05) is 6.07 Å². The van der Waals surface area contributed by atoms with Gasteiger partial charge in [0, 0.05) is 17.3 Å². The highest BCUT2D eigenvalue weighted by Gasteiger charge is 2.56. The van der Waals surface area contributed by atoms with Crippen LogP contribution in [0.15, 0.2) is 35.3 Å². The summed E-state index contributed by atoms with van der Waals surface area (Å²) in [6, 6.07) is 10.2. The van der Waals surface area contributed by atoms with Crippen LogP contribution in [0.25, 0.3) is 10.8 Å². The van der Waals surface area contributed by atoms with Crippen LogP contribution in [-0.2, 0) is 0 Å². The van der Waals surface area contributed by atoms with E-state index in [4.69, 9.17) is 9.73 Å². The molecule has 4 heteroatoms. The molecule has 0 aromatic heterocycles. The molecule has 3 heterocycles. The molecule has 7 rings (SSSR count). The molecule has 2 saturated carbocycles. The van der Waals surface area contributed by atoms with E-state index in [0.29, 0.717) is 12.0 Å². The van der Waals surface area contributed by atoms with E-state index in [1.54, 1.807) is 12.1 Å². The Hall–Kier alpha value is -2.07. The minimum Gasteiger partial charge on any atom is -0.508 e. The molecule has 1 spiro atoms. The van der Waals surface area contributed by atoms with Crippen LogP contribution < -0.4 is 4.74 Å². The van der Waals surface area contributed by atoms with Crippen LogP contribution in [0.1, 0.15) is 32.1 Å². The summed E-state index contributed by atoms with van der Waals surface area (Å²) in [5.41, 5.74) is 0.438. The topological polar surface area (TPSA) is 45.1 Å². The second-order valence-electron chi connectivity index (χ2n) is 8.80. The summed E-state index contributed by atoms with van der Waals surface area (Å²) in [7, 11) is 2.23. The Bertz CT molecular complexity index is 925. The molecule has 3 aliphatic heterocycles. The Morgan fingerprint density at radius 1 is 1.08 bits per heavy atom. The third kappa shape index (κ3) is 1.91.